The summed E-state index contributed by atoms with van der Waals surface area (Å²) >= 11 is 1.55. The van der Waals surface area contributed by atoms with Crippen LogP contribution in [0.25, 0.3) is 0 Å². The number of ketones is 1. The Bertz CT molecular complexity index is 572. The van der Waals surface area contributed by atoms with Crippen LogP contribution in [0.2, 0.25) is 0 Å². The smallest absolute Gasteiger partial charge is 0.303 e. The molecule has 5 nitrogen and oxygen atoms in total. The lowest BCUT2D eigenvalue weighted by Gasteiger charge is -2.21. The number of aliphatic carboxylic acids is 1. The highest BCUT2D eigenvalue weighted by atomic mass is 32.2. The molecule has 23 heavy (non-hydrogen) atoms. The van der Waals surface area contributed by atoms with Crippen molar-refractivity contribution in [1.29, 1.82) is 0 Å². The molecular formula is C17H22N2O3S. The Kier molecular flexibility index (Phi) is 6.67. The molecule has 1 aliphatic rings. The number of nitrogens with two attached hydrogens (primary N) is 1. The molecule has 2 rings (SSSR count). The number of unbranched alkanes of at least 4 members (excludes halogenated alkanes) is 3. The van der Waals surface area contributed by atoms with Crippen LogP contribution in [0.3, 0.4) is 0 Å². The number of rotatable bonds is 9. The number of carbonyl (C=O) groups excluding carboxylic acids is 1. The van der Waals surface area contributed by atoms with Gasteiger partial charge in [-0.25, -0.2) is 0 Å². The summed E-state index contributed by atoms with van der Waals surface area (Å²) in [5, 5.41) is 10.5. The predicted molar refractivity (Wildman–Crippen MR) is 93.3 cm³/mol. The highest BCUT2D eigenvalue weighted by molar-refractivity contribution is 8.03. The van der Waals surface area contributed by atoms with Gasteiger partial charge in [-0.1, -0.05) is 24.6 Å². The van der Waals surface area contributed by atoms with Crippen LogP contribution >= 0.6 is 11.8 Å². The van der Waals surface area contributed by atoms with Crippen molar-refractivity contribution in [2.45, 2.75) is 44.0 Å². The van der Waals surface area contributed by atoms with Crippen molar-refractivity contribution in [3.63, 3.8) is 0 Å². The van der Waals surface area contributed by atoms with Gasteiger partial charge in [-0.15, -0.1) is 0 Å². The third-order valence-electron chi connectivity index (χ3n) is 3.75. The first-order chi connectivity index (χ1) is 11.1. The summed E-state index contributed by atoms with van der Waals surface area (Å²) in [6, 6.07) is 7.50. The Balaban J connectivity index is 1.75. The van der Waals surface area contributed by atoms with Crippen molar-refractivity contribution in [2.24, 2.45) is 5.73 Å². The molecule has 1 aromatic rings. The molecule has 6 heteroatoms. The maximum Gasteiger partial charge on any atom is 0.303 e. The highest BCUT2D eigenvalue weighted by Gasteiger charge is 2.17. The van der Waals surface area contributed by atoms with Gasteiger partial charge in [-0.05, 0) is 42.5 Å². The standard InChI is InChI=1S/C17H22N2O3S/c18-17-19(11-12-23-17)14-9-7-13(8-10-14)15(20)5-3-1-2-4-6-16(21)22/h7-12,17H,1-6,18H2,(H,21,22). The molecule has 1 aliphatic heterocycles. The Labute approximate surface area is 140 Å². The van der Waals surface area contributed by atoms with E-state index in [1.165, 1.54) is 0 Å². The fourth-order valence-corrected chi connectivity index (χ4v) is 3.13. The Morgan fingerprint density at radius 3 is 2.30 bits per heavy atom. The molecule has 1 unspecified atom stereocenters. The first kappa shape index (κ1) is 17.6. The van der Waals surface area contributed by atoms with Gasteiger partial charge in [0.05, 0.1) is 0 Å². The molecule has 0 fully saturated rings. The topological polar surface area (TPSA) is 83.6 Å². The van der Waals surface area contributed by atoms with Crippen LogP contribution in [-0.2, 0) is 4.79 Å². The molecule has 0 spiro atoms. The normalized spacial score (nSPS) is 16.7. The molecule has 0 saturated carbocycles. The number of benzene rings is 1. The molecule has 1 atom stereocenters. The van der Waals surface area contributed by atoms with Crippen LogP contribution < -0.4 is 10.6 Å². The van der Waals surface area contributed by atoms with Gasteiger partial charge in [0.1, 0.15) is 5.50 Å². The van der Waals surface area contributed by atoms with Crippen LogP contribution in [0.15, 0.2) is 35.9 Å². The van der Waals surface area contributed by atoms with Crippen LogP contribution in [0.1, 0.15) is 48.9 Å². The number of carboxylic acid groups (broad SMARTS) is 1. The summed E-state index contributed by atoms with van der Waals surface area (Å²) in [6.45, 7) is 0. The lowest BCUT2D eigenvalue weighted by atomic mass is 10.0. The molecule has 3 N–H and O–H groups in total. The zero-order valence-corrected chi connectivity index (χ0v) is 13.8. The molecule has 0 radical (unpaired) electrons. The Morgan fingerprint density at radius 2 is 1.74 bits per heavy atom. The number of Topliss-reactive ketones (excluding diaryl/α,β-unsaturated/α-hetero) is 1. The Morgan fingerprint density at radius 1 is 1.09 bits per heavy atom. The van der Waals surface area contributed by atoms with E-state index in [2.05, 4.69) is 0 Å². The van der Waals surface area contributed by atoms with Crippen molar-refractivity contribution >= 4 is 29.2 Å². The van der Waals surface area contributed by atoms with Crippen LogP contribution in [0.4, 0.5) is 5.69 Å². The lowest BCUT2D eigenvalue weighted by molar-refractivity contribution is -0.137. The van der Waals surface area contributed by atoms with Crippen LogP contribution in [0, 0.1) is 0 Å². The van der Waals surface area contributed by atoms with Crippen LogP contribution in [-0.4, -0.2) is 22.4 Å². The van der Waals surface area contributed by atoms with Crippen molar-refractivity contribution in [3.8, 4) is 0 Å². The second-order valence-corrected chi connectivity index (χ2v) is 6.52. The molecule has 0 bridgehead atoms. The zero-order valence-electron chi connectivity index (χ0n) is 13.0. The largest absolute Gasteiger partial charge is 0.481 e. The molecule has 1 aromatic carbocycles. The third kappa shape index (κ3) is 5.41. The van der Waals surface area contributed by atoms with Gasteiger partial charge < -0.3 is 15.7 Å². The van der Waals surface area contributed by atoms with E-state index in [-0.39, 0.29) is 17.7 Å². The lowest BCUT2D eigenvalue weighted by Crippen LogP contribution is -2.32. The van der Waals surface area contributed by atoms with Gasteiger partial charge in [0.2, 0.25) is 0 Å². The van der Waals surface area contributed by atoms with Gasteiger partial charge in [0.15, 0.2) is 5.78 Å². The molecule has 124 valence electrons. The van der Waals surface area contributed by atoms with E-state index < -0.39 is 5.97 Å². The molecule has 0 aromatic heterocycles. The Hall–Kier alpha value is -1.79. The summed E-state index contributed by atoms with van der Waals surface area (Å²) in [5.41, 5.74) is 7.53. The minimum Gasteiger partial charge on any atom is -0.481 e. The van der Waals surface area contributed by atoms with Gasteiger partial charge in [-0.3, -0.25) is 9.59 Å². The van der Waals surface area contributed by atoms with Crippen LogP contribution in [0.5, 0.6) is 0 Å². The number of carboxylic acids is 1. The van der Waals surface area contributed by atoms with E-state index in [4.69, 9.17) is 10.8 Å². The van der Waals surface area contributed by atoms with E-state index in [0.29, 0.717) is 18.4 Å². The quantitative estimate of drug-likeness (QED) is 0.531. The fraction of sp³-hybridized carbons (Fsp3) is 0.412. The maximum atomic E-state index is 12.1. The first-order valence-electron chi connectivity index (χ1n) is 7.79. The summed E-state index contributed by atoms with van der Waals surface area (Å²) in [7, 11) is 0. The number of thioether (sulfide) groups is 1. The maximum absolute atomic E-state index is 12.1. The fourth-order valence-electron chi connectivity index (χ4n) is 2.44. The van der Waals surface area contributed by atoms with E-state index in [9.17, 15) is 9.59 Å². The van der Waals surface area contributed by atoms with Gasteiger partial charge in [0, 0.05) is 30.3 Å². The monoisotopic (exact) mass is 334 g/mol. The summed E-state index contributed by atoms with van der Waals surface area (Å²) in [4.78, 5) is 24.5. The number of carbonyl (C=O) groups is 2. The number of hydrogen-bond donors (Lipinski definition) is 2. The minimum atomic E-state index is -0.757. The average molecular weight is 334 g/mol. The van der Waals surface area contributed by atoms with E-state index in [1.807, 2.05) is 40.8 Å². The number of anilines is 1. The molecule has 0 amide bonds. The highest BCUT2D eigenvalue weighted by Crippen LogP contribution is 2.27. The van der Waals surface area contributed by atoms with E-state index in [1.54, 1.807) is 11.8 Å². The summed E-state index contributed by atoms with van der Waals surface area (Å²) < 4.78 is 0. The van der Waals surface area contributed by atoms with Crippen molar-refractivity contribution in [2.75, 3.05) is 4.90 Å². The van der Waals surface area contributed by atoms with E-state index in [0.717, 1.165) is 24.9 Å². The molecule has 0 aliphatic carbocycles. The SMILES string of the molecule is NC1SC=CN1c1ccc(C(=O)CCCCCCC(=O)O)cc1. The average Bonchev–Trinajstić information content (AvgIpc) is 2.96. The van der Waals surface area contributed by atoms with Crippen molar-refractivity contribution in [3.05, 3.63) is 41.4 Å². The second kappa shape index (κ2) is 8.74. The molecular weight excluding hydrogens is 312 g/mol. The van der Waals surface area contributed by atoms with Gasteiger partial charge >= 0.3 is 5.97 Å². The first-order valence-corrected chi connectivity index (χ1v) is 8.73. The third-order valence-corrected chi connectivity index (χ3v) is 4.53. The number of nitrogens with zero attached hydrogens (tertiary/aromatic N) is 1. The zero-order chi connectivity index (χ0) is 16.7. The summed E-state index contributed by atoms with van der Waals surface area (Å²) in [6.07, 6.45) is 5.88. The van der Waals surface area contributed by atoms with E-state index >= 15 is 0 Å². The van der Waals surface area contributed by atoms with Gasteiger partial charge in [0.25, 0.3) is 0 Å². The minimum absolute atomic E-state index is 0.109. The molecule has 1 heterocycles. The molecule has 0 saturated heterocycles. The number of hydrogen-bond acceptors (Lipinski definition) is 5. The van der Waals surface area contributed by atoms with Gasteiger partial charge in [-0.2, -0.15) is 0 Å². The van der Waals surface area contributed by atoms with Crippen molar-refractivity contribution < 1.29 is 14.7 Å². The second-order valence-electron chi connectivity index (χ2n) is 5.50. The predicted octanol–water partition coefficient (Wildman–Crippen LogP) is 3.56. The van der Waals surface area contributed by atoms with Crippen molar-refractivity contribution in [1.82, 2.24) is 0 Å². The summed E-state index contributed by atoms with van der Waals surface area (Å²) in [5.74, 6) is -0.627.